The maximum absolute atomic E-state index is 14.1. The summed E-state index contributed by atoms with van der Waals surface area (Å²) in [4.78, 5) is 0. The quantitative estimate of drug-likeness (QED) is 0.361. The van der Waals surface area contributed by atoms with Gasteiger partial charge in [-0.05, 0) is 29.6 Å². The summed E-state index contributed by atoms with van der Waals surface area (Å²) in [6.07, 6.45) is 4.93. The van der Waals surface area contributed by atoms with Gasteiger partial charge >= 0.3 is 0 Å². The molecule has 0 aliphatic heterocycles. The standard InChI is InChI=1S/C20H13F5/c21-16-15(17(22)19(24)20(25)18(16)23)14-9-11-6-7-12(14)8-13(11)10-4-2-1-3-5-10/h1-5,8-9,11-12H,6-7H2/t11-,12?/m0/s1. The van der Waals surface area contributed by atoms with E-state index in [9.17, 15) is 22.0 Å². The third kappa shape index (κ3) is 2.41. The Kier molecular flexibility index (Phi) is 3.74. The van der Waals surface area contributed by atoms with Crippen molar-refractivity contribution in [3.8, 4) is 0 Å². The van der Waals surface area contributed by atoms with Crippen LogP contribution in [-0.4, -0.2) is 0 Å². The molecule has 25 heavy (non-hydrogen) atoms. The highest BCUT2D eigenvalue weighted by atomic mass is 19.2. The number of rotatable bonds is 2. The summed E-state index contributed by atoms with van der Waals surface area (Å²) in [5, 5.41) is 0. The summed E-state index contributed by atoms with van der Waals surface area (Å²) in [6.45, 7) is 0. The minimum atomic E-state index is -2.12. The van der Waals surface area contributed by atoms with Crippen LogP contribution in [-0.2, 0) is 0 Å². The Bertz CT molecular complexity index is 882. The lowest BCUT2D eigenvalue weighted by molar-refractivity contribution is 0.374. The molecule has 0 spiro atoms. The van der Waals surface area contributed by atoms with Gasteiger partial charge in [0.25, 0.3) is 0 Å². The van der Waals surface area contributed by atoms with E-state index < -0.39 is 34.6 Å². The van der Waals surface area contributed by atoms with Crippen LogP contribution in [0.5, 0.6) is 0 Å². The molecule has 5 heteroatoms. The molecule has 0 radical (unpaired) electrons. The third-order valence-electron chi connectivity index (χ3n) is 4.95. The van der Waals surface area contributed by atoms with Gasteiger partial charge in [-0.15, -0.1) is 0 Å². The fourth-order valence-corrected chi connectivity index (χ4v) is 3.77. The van der Waals surface area contributed by atoms with Crippen LogP contribution in [0.3, 0.4) is 0 Å². The van der Waals surface area contributed by atoms with E-state index in [2.05, 4.69) is 0 Å². The molecule has 3 aliphatic carbocycles. The molecule has 1 unspecified atom stereocenters. The maximum Gasteiger partial charge on any atom is 0.200 e. The fraction of sp³-hybridized carbons (Fsp3) is 0.200. The zero-order valence-corrected chi connectivity index (χ0v) is 13.0. The Morgan fingerprint density at radius 2 is 1.08 bits per heavy atom. The van der Waals surface area contributed by atoms with E-state index in [1.165, 1.54) is 0 Å². The molecule has 128 valence electrons. The average molecular weight is 348 g/mol. The molecule has 3 aliphatic rings. The number of hydrogen-bond donors (Lipinski definition) is 0. The van der Waals surface area contributed by atoms with E-state index >= 15 is 0 Å². The van der Waals surface area contributed by atoms with Gasteiger partial charge in [0.15, 0.2) is 23.3 Å². The second-order valence-electron chi connectivity index (χ2n) is 6.35. The van der Waals surface area contributed by atoms with Crippen LogP contribution in [0.1, 0.15) is 24.0 Å². The molecule has 0 amide bonds. The first-order valence-electron chi connectivity index (χ1n) is 7.99. The van der Waals surface area contributed by atoms with Gasteiger partial charge in [0.1, 0.15) is 0 Å². The normalized spacial score (nSPS) is 22.0. The Labute approximate surface area is 141 Å². The van der Waals surface area contributed by atoms with Crippen LogP contribution < -0.4 is 0 Å². The topological polar surface area (TPSA) is 0 Å². The summed E-state index contributed by atoms with van der Waals surface area (Å²) in [5.74, 6) is -9.91. The molecule has 0 saturated heterocycles. The van der Waals surface area contributed by atoms with Crippen LogP contribution in [0.2, 0.25) is 0 Å². The zero-order chi connectivity index (χ0) is 17.7. The number of fused-ring (bicyclic) bond motifs is 1. The highest BCUT2D eigenvalue weighted by Gasteiger charge is 2.36. The Morgan fingerprint density at radius 3 is 1.60 bits per heavy atom. The van der Waals surface area contributed by atoms with Crippen molar-refractivity contribution in [1.82, 2.24) is 0 Å². The third-order valence-corrected chi connectivity index (χ3v) is 4.95. The molecule has 2 bridgehead atoms. The molecular formula is C20H13F5. The van der Waals surface area contributed by atoms with Gasteiger partial charge in [0.2, 0.25) is 5.82 Å². The predicted octanol–water partition coefficient (Wildman–Crippen LogP) is 5.89. The molecule has 0 heterocycles. The lowest BCUT2D eigenvalue weighted by Gasteiger charge is -2.35. The number of benzene rings is 2. The van der Waals surface area contributed by atoms with E-state index in [4.69, 9.17) is 0 Å². The second kappa shape index (κ2) is 5.83. The molecule has 2 aromatic rings. The van der Waals surface area contributed by atoms with Gasteiger partial charge in [0, 0.05) is 11.8 Å². The average Bonchev–Trinajstić information content (AvgIpc) is 2.66. The first-order valence-corrected chi connectivity index (χ1v) is 7.99. The van der Waals surface area contributed by atoms with E-state index in [-0.39, 0.29) is 17.4 Å². The van der Waals surface area contributed by atoms with Gasteiger partial charge < -0.3 is 0 Å². The first-order chi connectivity index (χ1) is 12.0. The minimum absolute atomic E-state index is 0.0997. The molecule has 2 atom stereocenters. The molecule has 0 N–H and O–H groups in total. The van der Waals surface area contributed by atoms with Crippen LogP contribution in [0.25, 0.3) is 11.1 Å². The number of halogens is 5. The van der Waals surface area contributed by atoms with Crippen molar-refractivity contribution in [2.75, 3.05) is 0 Å². The largest absolute Gasteiger partial charge is 0.203 e. The van der Waals surface area contributed by atoms with E-state index in [0.29, 0.717) is 6.42 Å². The summed E-state index contributed by atoms with van der Waals surface area (Å²) < 4.78 is 68.7. The lowest BCUT2D eigenvalue weighted by atomic mass is 9.69. The molecule has 0 aromatic heterocycles. The molecule has 0 saturated carbocycles. The van der Waals surface area contributed by atoms with Gasteiger partial charge in [-0.25, -0.2) is 22.0 Å². The molecule has 0 nitrogen and oxygen atoms in total. The summed E-state index contributed by atoms with van der Waals surface area (Å²) in [5.41, 5.74) is 1.42. The summed E-state index contributed by atoms with van der Waals surface area (Å²) in [6, 6.07) is 9.57. The van der Waals surface area contributed by atoms with E-state index in [1.54, 1.807) is 6.08 Å². The van der Waals surface area contributed by atoms with Crippen molar-refractivity contribution in [1.29, 1.82) is 0 Å². The van der Waals surface area contributed by atoms with Crippen molar-refractivity contribution in [2.24, 2.45) is 11.8 Å². The highest BCUT2D eigenvalue weighted by molar-refractivity contribution is 5.82. The van der Waals surface area contributed by atoms with Gasteiger partial charge in [-0.2, -0.15) is 0 Å². The number of hydrogen-bond acceptors (Lipinski definition) is 0. The summed E-state index contributed by atoms with van der Waals surface area (Å²) in [7, 11) is 0. The van der Waals surface area contributed by atoms with Crippen LogP contribution in [0, 0.1) is 40.9 Å². The lowest BCUT2D eigenvalue weighted by Crippen LogP contribution is -2.22. The van der Waals surface area contributed by atoms with Crippen molar-refractivity contribution >= 4 is 11.1 Å². The van der Waals surface area contributed by atoms with Crippen LogP contribution in [0.15, 0.2) is 42.5 Å². The fourth-order valence-electron chi connectivity index (χ4n) is 3.77. The van der Waals surface area contributed by atoms with Crippen LogP contribution in [0.4, 0.5) is 22.0 Å². The maximum atomic E-state index is 14.1. The Hall–Kier alpha value is -2.43. The van der Waals surface area contributed by atoms with Gasteiger partial charge in [0.05, 0.1) is 5.56 Å². The van der Waals surface area contributed by atoms with Crippen molar-refractivity contribution < 1.29 is 22.0 Å². The van der Waals surface area contributed by atoms with Crippen molar-refractivity contribution in [3.63, 3.8) is 0 Å². The van der Waals surface area contributed by atoms with Crippen molar-refractivity contribution in [3.05, 3.63) is 82.7 Å². The van der Waals surface area contributed by atoms with E-state index in [0.717, 1.165) is 17.6 Å². The minimum Gasteiger partial charge on any atom is -0.203 e. The summed E-state index contributed by atoms with van der Waals surface area (Å²) >= 11 is 0. The number of allylic oxidation sites excluding steroid dienone is 4. The Balaban J connectivity index is 1.81. The second-order valence-corrected chi connectivity index (χ2v) is 6.35. The molecule has 0 fully saturated rings. The SMILES string of the molecule is Fc1c(F)c(F)c(C2=C[C@@H]3CCC2C=C3c2ccccc2)c(F)c1F. The van der Waals surface area contributed by atoms with Crippen LogP contribution >= 0.6 is 0 Å². The smallest absolute Gasteiger partial charge is 0.200 e. The van der Waals surface area contributed by atoms with Gasteiger partial charge in [-0.1, -0.05) is 42.5 Å². The zero-order valence-electron chi connectivity index (χ0n) is 13.0. The van der Waals surface area contributed by atoms with Gasteiger partial charge in [-0.3, -0.25) is 0 Å². The van der Waals surface area contributed by atoms with Crippen molar-refractivity contribution in [2.45, 2.75) is 12.8 Å². The monoisotopic (exact) mass is 348 g/mol. The van der Waals surface area contributed by atoms with E-state index in [1.807, 2.05) is 36.4 Å². The highest BCUT2D eigenvalue weighted by Crippen LogP contribution is 2.48. The predicted molar refractivity (Wildman–Crippen MR) is 84.8 cm³/mol. The first kappa shape index (κ1) is 16.1. The molecule has 5 rings (SSSR count). The Morgan fingerprint density at radius 1 is 0.600 bits per heavy atom. The molecule has 2 aromatic carbocycles. The molecular weight excluding hydrogens is 335 g/mol.